The van der Waals surface area contributed by atoms with E-state index in [1.54, 1.807) is 18.2 Å². The number of aryl methyl sites for hydroxylation is 1. The number of nitrogens with one attached hydrogen (secondary N) is 1. The maximum absolute atomic E-state index is 15.4. The Labute approximate surface area is 189 Å². The van der Waals surface area contributed by atoms with Gasteiger partial charge in [-0.1, -0.05) is 11.3 Å². The van der Waals surface area contributed by atoms with Crippen LogP contribution in [0.4, 0.5) is 8.78 Å². The van der Waals surface area contributed by atoms with Crippen molar-refractivity contribution >= 4 is 16.6 Å². The van der Waals surface area contributed by atoms with Crippen molar-refractivity contribution in [2.24, 2.45) is 4.99 Å². The number of benzene rings is 1. The van der Waals surface area contributed by atoms with Crippen molar-refractivity contribution in [2.45, 2.75) is 50.8 Å². The van der Waals surface area contributed by atoms with Gasteiger partial charge in [0, 0.05) is 0 Å². The summed E-state index contributed by atoms with van der Waals surface area (Å²) < 4.78 is 44.8. The van der Waals surface area contributed by atoms with E-state index in [1.165, 1.54) is 16.3 Å². The van der Waals surface area contributed by atoms with Crippen molar-refractivity contribution in [1.29, 1.82) is 0 Å². The molecule has 3 heterocycles. The number of H-pyrrole nitrogens is 1. The van der Waals surface area contributed by atoms with Gasteiger partial charge in [-0.15, -0.1) is 5.10 Å². The van der Waals surface area contributed by atoms with Gasteiger partial charge in [0.2, 0.25) is 11.5 Å². The van der Waals surface area contributed by atoms with E-state index in [4.69, 9.17) is 6.11 Å². The van der Waals surface area contributed by atoms with Gasteiger partial charge in [0.25, 0.3) is 0 Å². The standard InChI is InChI=1S/C22H25F2N7O2/c1-22(32)7-5-14(6-8-22)25-21-26-20(33-2)19-18(15(24)12-31(19)28-21)13-3-4-16-17(11-13)30(10-9-23)29-27-16/h3-4,11-12,14,32H,5-10H2,1-2H3,(H,25,28)/i12D. The van der Waals surface area contributed by atoms with Gasteiger partial charge >= 0.3 is 0 Å². The summed E-state index contributed by atoms with van der Waals surface area (Å²) in [7, 11) is 1.42. The Morgan fingerprint density at radius 3 is 2.91 bits per heavy atom. The van der Waals surface area contributed by atoms with Crippen molar-refractivity contribution in [3.63, 3.8) is 0 Å². The van der Waals surface area contributed by atoms with Crippen LogP contribution in [0.2, 0.25) is 0 Å². The van der Waals surface area contributed by atoms with Gasteiger partial charge in [-0.05, 0) is 50.3 Å². The second-order valence-corrected chi connectivity index (χ2v) is 8.60. The van der Waals surface area contributed by atoms with Crippen molar-refractivity contribution in [3.8, 4) is 17.0 Å². The van der Waals surface area contributed by atoms with Gasteiger partial charge in [-0.25, -0.2) is 18.5 Å². The Morgan fingerprint density at radius 2 is 2.18 bits per heavy atom. The van der Waals surface area contributed by atoms with Gasteiger partial charge in [-0.2, -0.15) is 4.98 Å². The van der Waals surface area contributed by atoms with Crippen LogP contribution in [0.5, 0.6) is 5.88 Å². The van der Waals surface area contributed by atoms with Crippen molar-refractivity contribution in [1.82, 2.24) is 29.6 Å². The molecule has 174 valence electrons. The van der Waals surface area contributed by atoms with Crippen LogP contribution in [0.1, 0.15) is 34.0 Å². The summed E-state index contributed by atoms with van der Waals surface area (Å²) in [6.07, 6.45) is 2.25. The van der Waals surface area contributed by atoms with E-state index in [-0.39, 0.29) is 35.2 Å². The topological polar surface area (TPSA) is 106 Å². The molecule has 0 spiro atoms. The lowest BCUT2D eigenvalue weighted by Crippen LogP contribution is -2.33. The molecule has 5 rings (SSSR count). The molecule has 4 aromatic rings. The summed E-state index contributed by atoms with van der Waals surface area (Å²) in [6, 6.07) is 4.95. The van der Waals surface area contributed by atoms with Crippen molar-refractivity contribution < 1.29 is 20.0 Å². The molecule has 0 amide bonds. The van der Waals surface area contributed by atoms with Gasteiger partial charge in [0.1, 0.15) is 17.7 Å². The maximum atomic E-state index is 15.4. The predicted molar refractivity (Wildman–Crippen MR) is 117 cm³/mol. The van der Waals surface area contributed by atoms with Crippen molar-refractivity contribution in [3.05, 3.63) is 35.8 Å². The van der Waals surface area contributed by atoms with Crippen LogP contribution in [0, 0.1) is 5.82 Å². The molecular formula is C22H25F2N7O2. The van der Waals surface area contributed by atoms with Crippen LogP contribution < -0.4 is 10.4 Å². The number of nitrogens with zero attached hydrogens (tertiary/aromatic N) is 6. The molecule has 1 saturated carbocycles. The summed E-state index contributed by atoms with van der Waals surface area (Å²) in [5.74, 6) is -0.644. The van der Waals surface area contributed by atoms with Gasteiger partial charge < -0.3 is 9.84 Å². The minimum Gasteiger partial charge on any atom is -0.479 e. The van der Waals surface area contributed by atoms with Crippen LogP contribution >= 0.6 is 0 Å². The molecular weight excluding hydrogens is 432 g/mol. The number of rotatable bonds is 5. The highest BCUT2D eigenvalue weighted by molar-refractivity contribution is 5.89. The summed E-state index contributed by atoms with van der Waals surface area (Å²) >= 11 is 0. The SMILES string of the molecule is [2H]c1c(F)c(-c2ccc3nnn(CCF)c3c2)c2c(OC)nc(=NC3CCC(C)(O)CC3)[nH]n12. The summed E-state index contributed by atoms with van der Waals surface area (Å²) in [6.45, 7) is 1.24. The number of fused-ring (bicyclic) bond motifs is 2. The van der Waals surface area contributed by atoms with E-state index in [2.05, 4.69) is 25.4 Å². The molecule has 9 nitrogen and oxygen atoms in total. The fraction of sp³-hybridized carbons (Fsp3) is 0.455. The number of hydrogen-bond donors (Lipinski definition) is 2. The van der Waals surface area contributed by atoms with Crippen LogP contribution in [-0.4, -0.2) is 60.1 Å². The third kappa shape index (κ3) is 3.97. The average Bonchev–Trinajstić information content (AvgIpc) is 3.33. The number of aromatic amines is 1. The molecule has 1 aliphatic rings. The summed E-state index contributed by atoms with van der Waals surface area (Å²) in [4.78, 5) is 9.05. The van der Waals surface area contributed by atoms with E-state index in [0.717, 1.165) is 0 Å². The van der Waals surface area contributed by atoms with Crippen LogP contribution in [0.15, 0.2) is 29.4 Å². The minimum atomic E-state index is -0.758. The second kappa shape index (κ2) is 8.22. The first-order valence-electron chi connectivity index (χ1n) is 11.3. The predicted octanol–water partition coefficient (Wildman–Crippen LogP) is 2.79. The van der Waals surface area contributed by atoms with Gasteiger partial charge in [0.05, 0.1) is 43.9 Å². The summed E-state index contributed by atoms with van der Waals surface area (Å²) in [5.41, 5.74) is 1.46. The first kappa shape index (κ1) is 20.3. The monoisotopic (exact) mass is 458 g/mol. The summed E-state index contributed by atoms with van der Waals surface area (Å²) in [5, 5.41) is 21.0. The van der Waals surface area contributed by atoms with Crippen LogP contribution in [0.25, 0.3) is 27.7 Å². The van der Waals surface area contributed by atoms with Crippen molar-refractivity contribution in [2.75, 3.05) is 13.8 Å². The minimum absolute atomic E-state index is 0.0305. The number of halogens is 2. The lowest BCUT2D eigenvalue weighted by Gasteiger charge is -2.30. The molecule has 0 saturated heterocycles. The highest BCUT2D eigenvalue weighted by Gasteiger charge is 2.28. The van der Waals surface area contributed by atoms with Crippen LogP contribution in [0.3, 0.4) is 0 Å². The number of alkyl halides is 1. The number of aromatic nitrogens is 6. The number of ether oxygens (including phenoxy) is 1. The zero-order valence-electron chi connectivity index (χ0n) is 19.3. The Morgan fingerprint density at radius 1 is 1.39 bits per heavy atom. The Kier molecular flexibility index (Phi) is 5.05. The first-order chi connectivity index (χ1) is 16.3. The smallest absolute Gasteiger partial charge is 0.243 e. The molecule has 0 aliphatic heterocycles. The molecule has 1 aromatic carbocycles. The van der Waals surface area contributed by atoms with E-state index >= 15 is 4.39 Å². The Hall–Kier alpha value is -3.34. The maximum Gasteiger partial charge on any atom is 0.243 e. The lowest BCUT2D eigenvalue weighted by molar-refractivity contribution is 0.0176. The van der Waals surface area contributed by atoms with Crippen LogP contribution in [-0.2, 0) is 6.54 Å². The fourth-order valence-corrected chi connectivity index (χ4v) is 4.34. The van der Waals surface area contributed by atoms with Gasteiger partial charge in [0.15, 0.2) is 5.82 Å². The molecule has 1 fully saturated rings. The largest absolute Gasteiger partial charge is 0.479 e. The number of aliphatic hydroxyl groups is 1. The molecule has 2 N–H and O–H groups in total. The van der Waals surface area contributed by atoms with E-state index in [0.29, 0.717) is 42.3 Å². The molecule has 3 aromatic heterocycles. The Balaban J connectivity index is 1.65. The van der Waals surface area contributed by atoms with E-state index < -0.39 is 24.3 Å². The number of methoxy groups -OCH3 is 1. The van der Waals surface area contributed by atoms with E-state index in [9.17, 15) is 9.50 Å². The Bertz CT molecular complexity index is 1430. The second-order valence-electron chi connectivity index (χ2n) is 8.60. The molecule has 0 unspecified atom stereocenters. The third-order valence-corrected chi connectivity index (χ3v) is 6.14. The number of hydrogen-bond acceptors (Lipinski definition) is 6. The zero-order valence-corrected chi connectivity index (χ0v) is 18.3. The lowest BCUT2D eigenvalue weighted by atomic mass is 9.84. The third-order valence-electron chi connectivity index (χ3n) is 6.14. The quantitative estimate of drug-likeness (QED) is 0.479. The zero-order chi connectivity index (χ0) is 24.0. The molecule has 11 heteroatoms. The highest BCUT2D eigenvalue weighted by atomic mass is 19.1. The first-order valence-corrected chi connectivity index (χ1v) is 10.8. The molecule has 0 bridgehead atoms. The highest BCUT2D eigenvalue weighted by Crippen LogP contribution is 2.34. The average molecular weight is 458 g/mol. The van der Waals surface area contributed by atoms with E-state index in [1.807, 2.05) is 6.92 Å². The fourth-order valence-electron chi connectivity index (χ4n) is 4.34. The molecule has 33 heavy (non-hydrogen) atoms. The van der Waals surface area contributed by atoms with Gasteiger partial charge in [-0.3, -0.25) is 9.61 Å². The molecule has 0 radical (unpaired) electrons. The molecule has 0 atom stereocenters. The molecule has 1 aliphatic carbocycles. The normalized spacial score (nSPS) is 22.3.